The van der Waals surface area contributed by atoms with Gasteiger partial charge in [0.1, 0.15) is 0 Å². The highest BCUT2D eigenvalue weighted by atomic mass is 16.4. The van der Waals surface area contributed by atoms with E-state index in [1.165, 1.54) is 0 Å². The first-order valence-electron chi connectivity index (χ1n) is 7.61. The third kappa shape index (κ3) is 2.90. The number of carboxylic acid groups (broad SMARTS) is 1. The number of benzene rings is 1. The number of piperidine rings is 1. The van der Waals surface area contributed by atoms with Crippen molar-refractivity contribution in [2.75, 3.05) is 13.1 Å². The first kappa shape index (κ1) is 14.8. The van der Waals surface area contributed by atoms with Crippen LogP contribution in [0.2, 0.25) is 0 Å². The van der Waals surface area contributed by atoms with Crippen molar-refractivity contribution in [2.45, 2.75) is 26.3 Å². The molecule has 5 heteroatoms. The second kappa shape index (κ2) is 5.93. The normalized spacial score (nSPS) is 17.0. The van der Waals surface area contributed by atoms with E-state index in [1.807, 2.05) is 25.1 Å². The van der Waals surface area contributed by atoms with Gasteiger partial charge in [-0.05, 0) is 44.0 Å². The number of rotatable bonds is 3. The summed E-state index contributed by atoms with van der Waals surface area (Å²) in [6.45, 7) is 4.20. The number of likely N-dealkylation sites (tertiary alicyclic amines) is 1. The molecule has 1 aromatic carbocycles. The zero-order valence-electron chi connectivity index (χ0n) is 12.6. The fourth-order valence-corrected chi connectivity index (χ4v) is 3.21. The summed E-state index contributed by atoms with van der Waals surface area (Å²) in [5.74, 6) is -0.925. The molecule has 3 rings (SSSR count). The first-order chi connectivity index (χ1) is 10.5. The number of nitrogens with zero attached hydrogens (tertiary/aromatic N) is 1. The van der Waals surface area contributed by atoms with Gasteiger partial charge in [0, 0.05) is 18.0 Å². The molecule has 0 bridgehead atoms. The Balaban J connectivity index is 1.84. The topological polar surface area (TPSA) is 73.4 Å². The maximum Gasteiger partial charge on any atom is 0.306 e. The maximum atomic E-state index is 11.9. The van der Waals surface area contributed by atoms with E-state index >= 15 is 0 Å². The highest BCUT2D eigenvalue weighted by molar-refractivity contribution is 5.84. The molecule has 1 aromatic heterocycles. The monoisotopic (exact) mass is 300 g/mol. The van der Waals surface area contributed by atoms with Gasteiger partial charge in [-0.2, -0.15) is 0 Å². The van der Waals surface area contributed by atoms with Crippen LogP contribution in [0.5, 0.6) is 0 Å². The zero-order valence-corrected chi connectivity index (χ0v) is 12.6. The van der Waals surface area contributed by atoms with Crippen LogP contribution in [0.15, 0.2) is 29.1 Å². The van der Waals surface area contributed by atoms with E-state index in [2.05, 4.69) is 9.88 Å². The predicted octanol–water partition coefficient (Wildman–Crippen LogP) is 2.13. The molecular formula is C17H20N2O3. The van der Waals surface area contributed by atoms with Crippen LogP contribution < -0.4 is 5.56 Å². The summed E-state index contributed by atoms with van der Waals surface area (Å²) >= 11 is 0. The molecule has 0 spiro atoms. The molecule has 0 amide bonds. The largest absolute Gasteiger partial charge is 0.481 e. The number of aryl methyl sites for hydroxylation is 1. The molecule has 0 aliphatic carbocycles. The minimum absolute atomic E-state index is 0.0859. The second-order valence-electron chi connectivity index (χ2n) is 6.04. The van der Waals surface area contributed by atoms with Crippen molar-refractivity contribution in [3.63, 3.8) is 0 Å². The van der Waals surface area contributed by atoms with Crippen LogP contribution in [0, 0.1) is 12.8 Å². The van der Waals surface area contributed by atoms with Crippen LogP contribution in [0.3, 0.4) is 0 Å². The van der Waals surface area contributed by atoms with Crippen molar-refractivity contribution >= 4 is 16.9 Å². The molecule has 0 unspecified atom stereocenters. The highest BCUT2D eigenvalue weighted by Crippen LogP contribution is 2.23. The quantitative estimate of drug-likeness (QED) is 0.911. The zero-order chi connectivity index (χ0) is 15.7. The molecule has 1 aliphatic heterocycles. The van der Waals surface area contributed by atoms with Gasteiger partial charge in [0.2, 0.25) is 5.56 Å². The van der Waals surface area contributed by atoms with Crippen LogP contribution in [0.25, 0.3) is 10.9 Å². The number of aromatic amines is 1. The van der Waals surface area contributed by atoms with Crippen molar-refractivity contribution < 1.29 is 9.90 Å². The number of carboxylic acids is 1. The lowest BCUT2D eigenvalue weighted by molar-refractivity contribution is -0.143. The number of nitrogens with one attached hydrogen (secondary N) is 1. The molecule has 5 nitrogen and oxygen atoms in total. The van der Waals surface area contributed by atoms with E-state index in [9.17, 15) is 9.59 Å². The van der Waals surface area contributed by atoms with Crippen molar-refractivity contribution in [1.82, 2.24) is 9.88 Å². The smallest absolute Gasteiger partial charge is 0.306 e. The predicted molar refractivity (Wildman–Crippen MR) is 84.9 cm³/mol. The molecule has 2 heterocycles. The third-order valence-corrected chi connectivity index (χ3v) is 4.50. The Morgan fingerprint density at radius 3 is 2.77 bits per heavy atom. The van der Waals surface area contributed by atoms with Crippen LogP contribution in [0.1, 0.15) is 24.0 Å². The van der Waals surface area contributed by atoms with Crippen LogP contribution in [0.4, 0.5) is 0 Å². The van der Waals surface area contributed by atoms with Crippen LogP contribution in [-0.4, -0.2) is 34.0 Å². The molecule has 0 saturated carbocycles. The number of fused-ring (bicyclic) bond motifs is 1. The van der Waals surface area contributed by atoms with Gasteiger partial charge < -0.3 is 10.1 Å². The van der Waals surface area contributed by atoms with Crippen molar-refractivity contribution in [3.05, 3.63) is 45.7 Å². The van der Waals surface area contributed by atoms with Crippen molar-refractivity contribution in [1.29, 1.82) is 0 Å². The summed E-state index contributed by atoms with van der Waals surface area (Å²) < 4.78 is 0. The number of aliphatic carboxylic acids is 1. The summed E-state index contributed by atoms with van der Waals surface area (Å²) in [4.78, 5) is 28.0. The Labute approximate surface area is 128 Å². The second-order valence-corrected chi connectivity index (χ2v) is 6.04. The van der Waals surface area contributed by atoms with Gasteiger partial charge in [-0.3, -0.25) is 14.5 Å². The van der Waals surface area contributed by atoms with Gasteiger partial charge in [0.15, 0.2) is 0 Å². The Morgan fingerprint density at radius 1 is 1.36 bits per heavy atom. The molecular weight excluding hydrogens is 280 g/mol. The fraction of sp³-hybridized carbons (Fsp3) is 0.412. The van der Waals surface area contributed by atoms with Crippen molar-refractivity contribution in [3.8, 4) is 0 Å². The lowest BCUT2D eigenvalue weighted by atomic mass is 9.96. The van der Waals surface area contributed by atoms with E-state index in [0.717, 1.165) is 35.1 Å². The average Bonchev–Trinajstić information content (AvgIpc) is 2.49. The molecule has 1 fully saturated rings. The highest BCUT2D eigenvalue weighted by Gasteiger charge is 2.24. The first-order valence-corrected chi connectivity index (χ1v) is 7.61. The number of carbonyl (C=O) groups is 1. The van der Waals surface area contributed by atoms with E-state index < -0.39 is 5.97 Å². The Hall–Kier alpha value is -2.14. The Morgan fingerprint density at radius 2 is 2.09 bits per heavy atom. The summed E-state index contributed by atoms with van der Waals surface area (Å²) in [5, 5.41) is 10.1. The molecule has 1 aliphatic rings. The Kier molecular flexibility index (Phi) is 3.98. The summed E-state index contributed by atoms with van der Waals surface area (Å²) in [6.07, 6.45) is 1.35. The molecule has 0 radical (unpaired) electrons. The maximum absolute atomic E-state index is 11.9. The molecule has 0 atom stereocenters. The van der Waals surface area contributed by atoms with Crippen LogP contribution in [-0.2, 0) is 11.3 Å². The third-order valence-electron chi connectivity index (χ3n) is 4.50. The van der Waals surface area contributed by atoms with Gasteiger partial charge >= 0.3 is 5.97 Å². The van der Waals surface area contributed by atoms with Gasteiger partial charge in [-0.25, -0.2) is 0 Å². The number of para-hydroxylation sites is 1. The summed E-state index contributed by atoms with van der Waals surface area (Å²) in [6, 6.07) is 7.67. The average molecular weight is 300 g/mol. The van der Waals surface area contributed by atoms with E-state index in [0.29, 0.717) is 19.4 Å². The van der Waals surface area contributed by atoms with Gasteiger partial charge in [-0.15, -0.1) is 0 Å². The SMILES string of the molecule is Cc1cccc2c(CN3CCC(C(=O)O)CC3)cc(=O)[nH]c12. The molecule has 2 N–H and O–H groups in total. The number of hydrogen-bond acceptors (Lipinski definition) is 3. The van der Waals surface area contributed by atoms with E-state index in [4.69, 9.17) is 5.11 Å². The van der Waals surface area contributed by atoms with Gasteiger partial charge in [-0.1, -0.05) is 18.2 Å². The Bertz CT molecular complexity index is 758. The number of H-pyrrole nitrogens is 1. The van der Waals surface area contributed by atoms with Crippen LogP contribution >= 0.6 is 0 Å². The lowest BCUT2D eigenvalue weighted by Gasteiger charge is -2.30. The molecule has 2 aromatic rings. The molecule has 116 valence electrons. The van der Waals surface area contributed by atoms with E-state index in [1.54, 1.807) is 6.07 Å². The molecule has 1 saturated heterocycles. The fourth-order valence-electron chi connectivity index (χ4n) is 3.21. The summed E-state index contributed by atoms with van der Waals surface area (Å²) in [5.41, 5.74) is 2.87. The molecule has 22 heavy (non-hydrogen) atoms. The lowest BCUT2D eigenvalue weighted by Crippen LogP contribution is -2.36. The number of hydrogen-bond donors (Lipinski definition) is 2. The van der Waals surface area contributed by atoms with E-state index in [-0.39, 0.29) is 11.5 Å². The summed E-state index contributed by atoms with van der Waals surface area (Å²) in [7, 11) is 0. The minimum atomic E-state index is -0.697. The van der Waals surface area contributed by atoms with Gasteiger partial charge in [0.25, 0.3) is 0 Å². The minimum Gasteiger partial charge on any atom is -0.481 e. The van der Waals surface area contributed by atoms with Gasteiger partial charge in [0.05, 0.1) is 11.4 Å². The number of aromatic nitrogens is 1. The standard InChI is InChI=1S/C17H20N2O3/c1-11-3-2-4-14-13(9-15(20)18-16(11)14)10-19-7-5-12(6-8-19)17(21)22/h2-4,9,12H,5-8,10H2,1H3,(H,18,20)(H,21,22). The number of pyridine rings is 1. The van der Waals surface area contributed by atoms with Crippen molar-refractivity contribution in [2.24, 2.45) is 5.92 Å².